The molecular formula is C15H26N2O2S2. The van der Waals surface area contributed by atoms with Gasteiger partial charge < -0.3 is 5.32 Å². The molecule has 1 aromatic rings. The first-order valence-corrected chi connectivity index (χ1v) is 9.94. The summed E-state index contributed by atoms with van der Waals surface area (Å²) in [4.78, 5) is 0.421. The molecule has 21 heavy (non-hydrogen) atoms. The summed E-state index contributed by atoms with van der Waals surface area (Å²) < 4.78 is 26.8. The molecule has 0 radical (unpaired) electrons. The quantitative estimate of drug-likeness (QED) is 0.795. The molecule has 0 saturated heterocycles. The Morgan fingerprint density at radius 3 is 2.48 bits per heavy atom. The zero-order valence-electron chi connectivity index (χ0n) is 13.6. The Kier molecular flexibility index (Phi) is 7.20. The second-order valence-corrected chi connectivity index (χ2v) is 8.14. The van der Waals surface area contributed by atoms with E-state index in [0.717, 1.165) is 29.0 Å². The second kappa shape index (κ2) is 8.17. The molecule has 1 aromatic carbocycles. The van der Waals surface area contributed by atoms with E-state index in [1.807, 2.05) is 39.2 Å². The normalized spacial score (nSPS) is 12.1. The van der Waals surface area contributed by atoms with E-state index in [2.05, 4.69) is 5.32 Å². The van der Waals surface area contributed by atoms with Crippen molar-refractivity contribution in [2.75, 3.05) is 32.1 Å². The van der Waals surface area contributed by atoms with Crippen LogP contribution in [0.4, 0.5) is 0 Å². The highest BCUT2D eigenvalue weighted by Crippen LogP contribution is 2.23. The van der Waals surface area contributed by atoms with Gasteiger partial charge in [-0.3, -0.25) is 0 Å². The van der Waals surface area contributed by atoms with E-state index < -0.39 is 10.0 Å². The number of hydrogen-bond acceptors (Lipinski definition) is 4. The zero-order chi connectivity index (χ0) is 16.0. The molecule has 1 N–H and O–H groups in total. The summed E-state index contributed by atoms with van der Waals surface area (Å²) in [6.45, 7) is 8.01. The molecule has 0 atom stereocenters. The number of rotatable bonds is 8. The fourth-order valence-corrected chi connectivity index (χ4v) is 4.11. The topological polar surface area (TPSA) is 49.4 Å². The van der Waals surface area contributed by atoms with Gasteiger partial charge in [-0.05, 0) is 49.4 Å². The van der Waals surface area contributed by atoms with Gasteiger partial charge in [-0.15, -0.1) is 0 Å². The highest BCUT2D eigenvalue weighted by atomic mass is 32.2. The lowest BCUT2D eigenvalue weighted by Gasteiger charge is -2.19. The molecule has 0 aliphatic carbocycles. The summed E-state index contributed by atoms with van der Waals surface area (Å²) in [5, 5.41) is 3.26. The second-order valence-electron chi connectivity index (χ2n) is 5.14. The van der Waals surface area contributed by atoms with Crippen molar-refractivity contribution in [2.24, 2.45) is 0 Å². The van der Waals surface area contributed by atoms with Crippen molar-refractivity contribution in [2.45, 2.75) is 32.2 Å². The molecule has 0 amide bonds. The third-order valence-corrected chi connectivity index (χ3v) is 6.09. The third-order valence-electron chi connectivity index (χ3n) is 3.50. The summed E-state index contributed by atoms with van der Waals surface area (Å²) in [6.07, 6.45) is 1.98. The number of hydrogen-bond donors (Lipinski definition) is 1. The highest BCUT2D eigenvalue weighted by Gasteiger charge is 2.23. The van der Waals surface area contributed by atoms with Gasteiger partial charge in [0.2, 0.25) is 10.0 Å². The number of nitrogens with one attached hydrogen (secondary N) is 1. The molecule has 6 heteroatoms. The summed E-state index contributed by atoms with van der Waals surface area (Å²) in [7, 11) is -1.77. The van der Waals surface area contributed by atoms with Crippen molar-refractivity contribution in [3.05, 3.63) is 28.8 Å². The maximum absolute atomic E-state index is 12.7. The molecule has 0 bridgehead atoms. The Morgan fingerprint density at radius 1 is 1.24 bits per heavy atom. The minimum Gasteiger partial charge on any atom is -0.313 e. The average Bonchev–Trinajstić information content (AvgIpc) is 2.43. The van der Waals surface area contributed by atoms with Crippen LogP contribution in [-0.2, 0) is 16.6 Å². The summed E-state index contributed by atoms with van der Waals surface area (Å²) >= 11 is 1.65. The Labute approximate surface area is 133 Å². The van der Waals surface area contributed by atoms with Crippen LogP contribution >= 0.6 is 11.8 Å². The van der Waals surface area contributed by atoms with Gasteiger partial charge >= 0.3 is 0 Å². The largest absolute Gasteiger partial charge is 0.313 e. The number of nitrogens with zero attached hydrogens (tertiary/aromatic N) is 1. The van der Waals surface area contributed by atoms with Gasteiger partial charge in [-0.25, -0.2) is 12.7 Å². The van der Waals surface area contributed by atoms with E-state index in [0.29, 0.717) is 18.0 Å². The predicted octanol–water partition coefficient (Wildman–Crippen LogP) is 2.40. The standard InChI is InChI=1S/C15H26N2O2S2/c1-6-16-11-14-10-15(13(3)9-12(14)2)21(18,19)17(4)7-8-20-5/h9-10,16H,6-8,11H2,1-5H3. The number of benzene rings is 1. The molecule has 0 unspecified atom stereocenters. The van der Waals surface area contributed by atoms with Crippen LogP contribution in [-0.4, -0.2) is 44.9 Å². The fraction of sp³-hybridized carbons (Fsp3) is 0.600. The van der Waals surface area contributed by atoms with E-state index in [4.69, 9.17) is 0 Å². The van der Waals surface area contributed by atoms with Gasteiger partial charge in [-0.2, -0.15) is 11.8 Å². The monoisotopic (exact) mass is 330 g/mol. The SMILES string of the molecule is CCNCc1cc(S(=O)(=O)N(C)CCSC)c(C)cc1C. The van der Waals surface area contributed by atoms with Gasteiger partial charge in [0.05, 0.1) is 4.90 Å². The Hall–Kier alpha value is -0.560. The summed E-state index contributed by atoms with van der Waals surface area (Å²) in [5.74, 6) is 0.797. The Balaban J connectivity index is 3.16. The molecule has 0 spiro atoms. The lowest BCUT2D eigenvalue weighted by Crippen LogP contribution is -2.30. The molecule has 4 nitrogen and oxygen atoms in total. The van der Waals surface area contributed by atoms with E-state index >= 15 is 0 Å². The molecule has 0 aliphatic heterocycles. The Morgan fingerprint density at radius 2 is 1.90 bits per heavy atom. The first kappa shape index (κ1) is 18.5. The fourth-order valence-electron chi connectivity index (χ4n) is 2.11. The molecule has 0 heterocycles. The third kappa shape index (κ3) is 4.71. The number of sulfonamides is 1. The molecule has 0 fully saturated rings. The highest BCUT2D eigenvalue weighted by molar-refractivity contribution is 7.98. The molecule has 0 saturated carbocycles. The van der Waals surface area contributed by atoms with Gasteiger partial charge in [-0.1, -0.05) is 13.0 Å². The van der Waals surface area contributed by atoms with Crippen LogP contribution < -0.4 is 5.32 Å². The van der Waals surface area contributed by atoms with Gasteiger partial charge in [0.1, 0.15) is 0 Å². The first-order valence-electron chi connectivity index (χ1n) is 7.10. The van der Waals surface area contributed by atoms with Crippen LogP contribution in [0.2, 0.25) is 0 Å². The van der Waals surface area contributed by atoms with Gasteiger partial charge in [0, 0.05) is 25.9 Å². The minimum absolute atomic E-state index is 0.421. The van der Waals surface area contributed by atoms with E-state index in [9.17, 15) is 8.42 Å². The van der Waals surface area contributed by atoms with Gasteiger partial charge in [0.25, 0.3) is 0 Å². The maximum Gasteiger partial charge on any atom is 0.243 e. The lowest BCUT2D eigenvalue weighted by atomic mass is 10.1. The minimum atomic E-state index is -3.41. The molecule has 120 valence electrons. The van der Waals surface area contributed by atoms with Crippen molar-refractivity contribution in [3.8, 4) is 0 Å². The van der Waals surface area contributed by atoms with Crippen LogP contribution in [0.1, 0.15) is 23.6 Å². The van der Waals surface area contributed by atoms with E-state index in [1.54, 1.807) is 18.8 Å². The van der Waals surface area contributed by atoms with Crippen molar-refractivity contribution < 1.29 is 8.42 Å². The maximum atomic E-state index is 12.7. The van der Waals surface area contributed by atoms with Crippen molar-refractivity contribution in [3.63, 3.8) is 0 Å². The first-order chi connectivity index (χ1) is 9.84. The Bertz CT molecular complexity index is 571. The predicted molar refractivity (Wildman–Crippen MR) is 91.5 cm³/mol. The van der Waals surface area contributed by atoms with Crippen molar-refractivity contribution in [1.82, 2.24) is 9.62 Å². The van der Waals surface area contributed by atoms with Crippen LogP contribution in [0.25, 0.3) is 0 Å². The summed E-state index contributed by atoms with van der Waals surface area (Å²) in [6, 6.07) is 3.78. The van der Waals surface area contributed by atoms with Crippen LogP contribution in [0, 0.1) is 13.8 Å². The van der Waals surface area contributed by atoms with Crippen LogP contribution in [0.3, 0.4) is 0 Å². The van der Waals surface area contributed by atoms with Crippen molar-refractivity contribution >= 4 is 21.8 Å². The average molecular weight is 331 g/mol. The lowest BCUT2D eigenvalue weighted by molar-refractivity contribution is 0.488. The molecule has 1 rings (SSSR count). The number of thioether (sulfide) groups is 1. The molecule has 0 aliphatic rings. The van der Waals surface area contributed by atoms with Crippen molar-refractivity contribution in [1.29, 1.82) is 0 Å². The molecular weight excluding hydrogens is 304 g/mol. The smallest absolute Gasteiger partial charge is 0.243 e. The summed E-state index contributed by atoms with van der Waals surface area (Å²) in [5.41, 5.74) is 2.97. The van der Waals surface area contributed by atoms with E-state index in [1.165, 1.54) is 4.31 Å². The van der Waals surface area contributed by atoms with Crippen LogP contribution in [0.15, 0.2) is 17.0 Å². The van der Waals surface area contributed by atoms with Crippen LogP contribution in [0.5, 0.6) is 0 Å². The number of aryl methyl sites for hydroxylation is 2. The van der Waals surface area contributed by atoms with E-state index in [-0.39, 0.29) is 0 Å². The van der Waals surface area contributed by atoms with Gasteiger partial charge in [0.15, 0.2) is 0 Å². The molecule has 0 aromatic heterocycles. The zero-order valence-corrected chi connectivity index (χ0v) is 15.2.